The summed E-state index contributed by atoms with van der Waals surface area (Å²) in [6.45, 7) is 7.29. The molecule has 53 heavy (non-hydrogen) atoms. The Balaban J connectivity index is 0.860. The second-order valence-corrected chi connectivity index (χ2v) is 14.3. The minimum absolute atomic E-state index is 0.149. The predicted octanol–water partition coefficient (Wildman–Crippen LogP) is 6.83. The molecule has 0 saturated carbocycles. The Labute approximate surface area is 312 Å². The van der Waals surface area contributed by atoms with E-state index in [4.69, 9.17) is 0 Å². The van der Waals surface area contributed by atoms with Gasteiger partial charge in [0, 0.05) is 56.1 Å². The highest BCUT2D eigenvalue weighted by Gasteiger charge is 2.39. The third-order valence-corrected chi connectivity index (χ3v) is 11.0. The molecule has 3 aliphatic rings. The number of rotatable bonds is 13. The van der Waals surface area contributed by atoms with Crippen molar-refractivity contribution in [2.24, 2.45) is 5.92 Å². The molecule has 0 aromatic heterocycles. The molecule has 274 valence electrons. The molecule has 3 aliphatic heterocycles. The Hall–Kier alpha value is -5.41. The van der Waals surface area contributed by atoms with Gasteiger partial charge in [-0.2, -0.15) is 0 Å². The number of benzene rings is 4. The maximum Gasteiger partial charge on any atom is 0.255 e. The zero-order valence-electron chi connectivity index (χ0n) is 30.4. The molecule has 9 nitrogen and oxygen atoms in total. The van der Waals surface area contributed by atoms with Gasteiger partial charge in [0.15, 0.2) is 0 Å². The predicted molar refractivity (Wildman–Crippen MR) is 211 cm³/mol. The molecule has 1 unspecified atom stereocenters. The fourth-order valence-electron chi connectivity index (χ4n) is 8.04. The molecule has 9 heteroatoms. The number of nitrogens with zero attached hydrogens (tertiary/aromatic N) is 2. The standard InChI is InChI=1S/C44H49N5O4/c1-2-38(31-6-4-3-5-7-31)42(33-10-15-37(50)16-11-33)32-8-13-36(14-9-32)48-26-21-30(22-27-48)20-23-45-24-25-46-35-12-17-39-34(28-35)29-49(44(39)53)40-18-19-41(51)47-43(40)52/h3-17,28,30,40,45-46,50H,2,18-27,29H2,1H3,(H,47,51,52)/b42-38+. The van der Waals surface area contributed by atoms with Crippen LogP contribution in [0.4, 0.5) is 11.4 Å². The minimum Gasteiger partial charge on any atom is -0.508 e. The number of aromatic hydroxyl groups is 1. The van der Waals surface area contributed by atoms with E-state index in [9.17, 15) is 19.5 Å². The molecular weight excluding hydrogens is 663 g/mol. The van der Waals surface area contributed by atoms with Crippen molar-refractivity contribution in [2.45, 2.75) is 58.0 Å². The Bertz CT molecular complexity index is 1950. The number of nitrogens with one attached hydrogen (secondary N) is 3. The number of carbonyl (C=O) groups is 3. The summed E-state index contributed by atoms with van der Waals surface area (Å²) in [6.07, 6.45) is 5.03. The number of imide groups is 1. The van der Waals surface area contributed by atoms with Crippen molar-refractivity contribution < 1.29 is 19.5 Å². The van der Waals surface area contributed by atoms with Gasteiger partial charge in [-0.05, 0) is 120 Å². The molecule has 0 spiro atoms. The quantitative estimate of drug-likeness (QED) is 0.0683. The van der Waals surface area contributed by atoms with Crippen LogP contribution in [0.15, 0.2) is 97.1 Å². The average molecular weight is 712 g/mol. The first-order valence-electron chi connectivity index (χ1n) is 19.0. The van der Waals surface area contributed by atoms with E-state index in [1.807, 2.05) is 30.3 Å². The highest BCUT2D eigenvalue weighted by atomic mass is 16.3. The lowest BCUT2D eigenvalue weighted by atomic mass is 9.88. The molecule has 0 aliphatic carbocycles. The molecule has 1 atom stereocenters. The number of fused-ring (bicyclic) bond motifs is 1. The van der Waals surface area contributed by atoms with Crippen LogP contribution < -0.4 is 20.9 Å². The van der Waals surface area contributed by atoms with E-state index in [1.165, 1.54) is 40.8 Å². The fraction of sp³-hybridized carbons (Fsp3) is 0.341. The maximum atomic E-state index is 13.0. The topological polar surface area (TPSA) is 114 Å². The molecular formula is C44H49N5O4. The Kier molecular flexibility index (Phi) is 11.2. The molecule has 2 saturated heterocycles. The summed E-state index contributed by atoms with van der Waals surface area (Å²) >= 11 is 0. The lowest BCUT2D eigenvalue weighted by Crippen LogP contribution is -2.52. The minimum atomic E-state index is -0.596. The third-order valence-electron chi connectivity index (χ3n) is 11.0. The Morgan fingerprint density at radius 3 is 2.23 bits per heavy atom. The van der Waals surface area contributed by atoms with Crippen LogP contribution in [0, 0.1) is 5.92 Å². The summed E-state index contributed by atoms with van der Waals surface area (Å²) in [5.74, 6) is 0.161. The number of hydrogen-bond donors (Lipinski definition) is 4. The summed E-state index contributed by atoms with van der Waals surface area (Å²) in [4.78, 5) is 40.9. The lowest BCUT2D eigenvalue weighted by molar-refractivity contribution is -0.136. The Morgan fingerprint density at radius 1 is 0.811 bits per heavy atom. The summed E-state index contributed by atoms with van der Waals surface area (Å²) < 4.78 is 0. The van der Waals surface area contributed by atoms with Crippen molar-refractivity contribution in [3.8, 4) is 5.75 Å². The molecule has 3 heterocycles. The molecule has 4 aromatic rings. The van der Waals surface area contributed by atoms with Gasteiger partial charge in [0.25, 0.3) is 5.91 Å². The number of piperidine rings is 2. The monoisotopic (exact) mass is 711 g/mol. The number of carbonyl (C=O) groups excluding carboxylic acids is 3. The number of hydrogen-bond acceptors (Lipinski definition) is 7. The number of phenolic OH excluding ortho intramolecular Hbond substituents is 1. The zero-order chi connectivity index (χ0) is 36.7. The van der Waals surface area contributed by atoms with E-state index >= 15 is 0 Å². The second kappa shape index (κ2) is 16.5. The molecule has 4 N–H and O–H groups in total. The van der Waals surface area contributed by atoms with Gasteiger partial charge in [-0.1, -0.05) is 61.5 Å². The first-order valence-corrected chi connectivity index (χ1v) is 19.0. The van der Waals surface area contributed by atoms with Crippen molar-refractivity contribution in [1.29, 1.82) is 0 Å². The summed E-state index contributed by atoms with van der Waals surface area (Å²) in [7, 11) is 0. The van der Waals surface area contributed by atoms with Gasteiger partial charge in [-0.15, -0.1) is 0 Å². The van der Waals surface area contributed by atoms with Gasteiger partial charge in [-0.3, -0.25) is 19.7 Å². The first kappa shape index (κ1) is 36.0. The molecule has 0 bridgehead atoms. The first-order chi connectivity index (χ1) is 25.9. The number of allylic oxidation sites excluding steroid dienone is 1. The molecule has 2 fully saturated rings. The van der Waals surface area contributed by atoms with Gasteiger partial charge >= 0.3 is 0 Å². The number of phenols is 1. The van der Waals surface area contributed by atoms with Gasteiger partial charge in [0.1, 0.15) is 11.8 Å². The van der Waals surface area contributed by atoms with Gasteiger partial charge in [0.05, 0.1) is 0 Å². The van der Waals surface area contributed by atoms with Crippen molar-refractivity contribution in [3.05, 3.63) is 125 Å². The maximum absolute atomic E-state index is 13.0. The highest BCUT2D eigenvalue weighted by molar-refractivity contribution is 6.05. The Morgan fingerprint density at radius 2 is 1.53 bits per heavy atom. The van der Waals surface area contributed by atoms with Crippen LogP contribution in [0.1, 0.15) is 78.1 Å². The van der Waals surface area contributed by atoms with Crippen LogP contribution in [0.5, 0.6) is 5.75 Å². The smallest absolute Gasteiger partial charge is 0.255 e. The summed E-state index contributed by atoms with van der Waals surface area (Å²) in [6, 6.07) is 32.3. The van der Waals surface area contributed by atoms with Gasteiger partial charge < -0.3 is 25.5 Å². The lowest BCUT2D eigenvalue weighted by Gasteiger charge is -2.34. The average Bonchev–Trinajstić information content (AvgIpc) is 3.51. The van der Waals surface area contributed by atoms with E-state index in [-0.39, 0.29) is 29.9 Å². The molecule has 4 aromatic carbocycles. The normalized spacial score (nSPS) is 18.1. The fourth-order valence-corrected chi connectivity index (χ4v) is 8.04. The van der Waals surface area contributed by atoms with Crippen LogP contribution in [0.2, 0.25) is 0 Å². The largest absolute Gasteiger partial charge is 0.508 e. The third kappa shape index (κ3) is 8.31. The SMILES string of the molecule is CC/C(=C(\c1ccc(O)cc1)c1ccc(N2CCC(CCNCCNc3ccc4c(c3)CN(C3CCC(=O)NC3=O)C4=O)CC2)cc1)c1ccccc1. The van der Waals surface area contributed by atoms with Crippen LogP contribution in [0.25, 0.3) is 11.1 Å². The number of anilines is 2. The zero-order valence-corrected chi connectivity index (χ0v) is 30.4. The second-order valence-electron chi connectivity index (χ2n) is 14.3. The van der Waals surface area contributed by atoms with E-state index in [1.54, 1.807) is 17.0 Å². The van der Waals surface area contributed by atoms with Crippen molar-refractivity contribution in [3.63, 3.8) is 0 Å². The van der Waals surface area contributed by atoms with E-state index in [2.05, 4.69) is 82.4 Å². The van der Waals surface area contributed by atoms with Crippen LogP contribution in [0.3, 0.4) is 0 Å². The van der Waals surface area contributed by atoms with E-state index < -0.39 is 6.04 Å². The summed E-state index contributed by atoms with van der Waals surface area (Å²) in [5, 5.41) is 19.4. The van der Waals surface area contributed by atoms with E-state index in [0.29, 0.717) is 24.4 Å². The van der Waals surface area contributed by atoms with Crippen molar-refractivity contribution in [2.75, 3.05) is 42.9 Å². The van der Waals surface area contributed by atoms with Crippen molar-refractivity contribution in [1.82, 2.24) is 15.5 Å². The highest BCUT2D eigenvalue weighted by Crippen LogP contribution is 2.36. The van der Waals surface area contributed by atoms with Crippen molar-refractivity contribution >= 4 is 40.2 Å². The van der Waals surface area contributed by atoms with E-state index in [0.717, 1.165) is 62.4 Å². The van der Waals surface area contributed by atoms with Gasteiger partial charge in [0.2, 0.25) is 11.8 Å². The van der Waals surface area contributed by atoms with Crippen LogP contribution in [-0.2, 0) is 16.1 Å². The molecule has 0 radical (unpaired) electrons. The molecule has 3 amide bonds. The van der Waals surface area contributed by atoms with Crippen LogP contribution >= 0.6 is 0 Å². The summed E-state index contributed by atoms with van der Waals surface area (Å²) in [5.41, 5.74) is 9.74. The van der Waals surface area contributed by atoms with Crippen LogP contribution in [-0.4, -0.2) is 66.5 Å². The van der Waals surface area contributed by atoms with Gasteiger partial charge in [-0.25, -0.2) is 0 Å². The molecule has 7 rings (SSSR count). The number of amides is 3.